The molecule has 1 heteroatoms. The van der Waals surface area contributed by atoms with Gasteiger partial charge in [0, 0.05) is 6.54 Å². The second-order valence-electron chi connectivity index (χ2n) is 3.36. The Hall–Kier alpha value is -0.560. The lowest BCUT2D eigenvalue weighted by Gasteiger charge is -1.95. The van der Waals surface area contributed by atoms with E-state index in [-0.39, 0.29) is 0 Å². The van der Waals surface area contributed by atoms with Gasteiger partial charge in [-0.15, -0.1) is 6.58 Å². The lowest BCUT2D eigenvalue weighted by Crippen LogP contribution is -2.04. The van der Waals surface area contributed by atoms with Crippen molar-refractivity contribution < 1.29 is 0 Å². The maximum Gasteiger partial charge on any atom is 0.0165 e. The largest absolute Gasteiger partial charge is 0.313 e. The van der Waals surface area contributed by atoms with Gasteiger partial charge in [-0.3, -0.25) is 0 Å². The first-order valence-corrected chi connectivity index (χ1v) is 4.93. The SMILES string of the molecule is C=CCCCC/C=C1/CCNC1. The Kier molecular flexibility index (Phi) is 4.77. The zero-order chi connectivity index (χ0) is 8.65. The van der Waals surface area contributed by atoms with Crippen molar-refractivity contribution in [2.45, 2.75) is 32.1 Å². The van der Waals surface area contributed by atoms with E-state index < -0.39 is 0 Å². The predicted octanol–water partition coefficient (Wildman–Crippen LogP) is 2.65. The molecule has 0 amide bonds. The van der Waals surface area contributed by atoms with Crippen LogP contribution in [0, 0.1) is 0 Å². The van der Waals surface area contributed by atoms with Gasteiger partial charge < -0.3 is 5.32 Å². The first-order valence-electron chi connectivity index (χ1n) is 4.93. The number of nitrogens with one attached hydrogen (secondary N) is 1. The van der Waals surface area contributed by atoms with E-state index in [0.29, 0.717) is 0 Å². The minimum absolute atomic E-state index is 1.13. The standard InChI is InChI=1S/C11H19N/c1-2-3-4-5-6-7-11-8-9-12-10-11/h2,7,12H,1,3-6,8-10H2/b11-7-. The second kappa shape index (κ2) is 6.01. The summed E-state index contributed by atoms with van der Waals surface area (Å²) in [5.41, 5.74) is 1.61. The topological polar surface area (TPSA) is 12.0 Å². The highest BCUT2D eigenvalue weighted by Gasteiger charge is 2.03. The molecule has 1 aliphatic rings. The lowest BCUT2D eigenvalue weighted by molar-refractivity contribution is 0.759. The number of rotatable bonds is 5. The predicted molar refractivity (Wildman–Crippen MR) is 54.2 cm³/mol. The minimum Gasteiger partial charge on any atom is -0.313 e. The van der Waals surface area contributed by atoms with Crippen LogP contribution in [0.3, 0.4) is 0 Å². The minimum atomic E-state index is 1.13. The van der Waals surface area contributed by atoms with E-state index in [1.165, 1.54) is 38.6 Å². The normalized spacial score (nSPS) is 20.2. The second-order valence-corrected chi connectivity index (χ2v) is 3.36. The van der Waals surface area contributed by atoms with Gasteiger partial charge in [-0.25, -0.2) is 0 Å². The van der Waals surface area contributed by atoms with Crippen molar-refractivity contribution in [1.29, 1.82) is 0 Å². The van der Waals surface area contributed by atoms with Gasteiger partial charge in [-0.1, -0.05) is 17.7 Å². The van der Waals surface area contributed by atoms with Crippen molar-refractivity contribution in [1.82, 2.24) is 5.32 Å². The van der Waals surface area contributed by atoms with Crippen LogP contribution in [0.4, 0.5) is 0 Å². The summed E-state index contributed by atoms with van der Waals surface area (Å²) >= 11 is 0. The van der Waals surface area contributed by atoms with Crippen LogP contribution in [-0.2, 0) is 0 Å². The quantitative estimate of drug-likeness (QED) is 0.488. The van der Waals surface area contributed by atoms with E-state index in [9.17, 15) is 0 Å². The highest BCUT2D eigenvalue weighted by Crippen LogP contribution is 2.09. The Bertz CT molecular complexity index is 150. The molecule has 1 fully saturated rings. The molecule has 12 heavy (non-hydrogen) atoms. The molecule has 0 aromatic rings. The third kappa shape index (κ3) is 3.72. The molecule has 0 unspecified atom stereocenters. The van der Waals surface area contributed by atoms with Gasteiger partial charge in [0.05, 0.1) is 0 Å². The summed E-state index contributed by atoms with van der Waals surface area (Å²) in [4.78, 5) is 0. The molecule has 1 nitrogen and oxygen atoms in total. The Labute approximate surface area is 75.6 Å². The first kappa shape index (κ1) is 9.53. The zero-order valence-electron chi connectivity index (χ0n) is 7.81. The zero-order valence-corrected chi connectivity index (χ0v) is 7.81. The monoisotopic (exact) mass is 165 g/mol. The van der Waals surface area contributed by atoms with E-state index in [1.54, 1.807) is 5.57 Å². The summed E-state index contributed by atoms with van der Waals surface area (Å²) in [7, 11) is 0. The molecule has 0 bridgehead atoms. The van der Waals surface area contributed by atoms with Crippen LogP contribution in [-0.4, -0.2) is 13.1 Å². The van der Waals surface area contributed by atoms with Crippen LogP contribution in [0.2, 0.25) is 0 Å². The number of hydrogen-bond acceptors (Lipinski definition) is 1. The summed E-state index contributed by atoms with van der Waals surface area (Å²) in [6, 6.07) is 0. The maximum absolute atomic E-state index is 3.71. The Morgan fingerprint density at radius 3 is 2.83 bits per heavy atom. The average molecular weight is 165 g/mol. The van der Waals surface area contributed by atoms with Gasteiger partial charge >= 0.3 is 0 Å². The van der Waals surface area contributed by atoms with E-state index in [1.807, 2.05) is 6.08 Å². The Balaban J connectivity index is 2.00. The fourth-order valence-corrected chi connectivity index (χ4v) is 1.50. The molecule has 0 radical (unpaired) electrons. The van der Waals surface area contributed by atoms with E-state index in [4.69, 9.17) is 0 Å². The molecule has 0 aromatic heterocycles. The van der Waals surface area contributed by atoms with Crippen LogP contribution in [0.15, 0.2) is 24.3 Å². The first-order chi connectivity index (χ1) is 5.93. The van der Waals surface area contributed by atoms with Crippen LogP contribution in [0.5, 0.6) is 0 Å². The van der Waals surface area contributed by atoms with Gasteiger partial charge in [-0.05, 0) is 38.6 Å². The van der Waals surface area contributed by atoms with E-state index >= 15 is 0 Å². The number of unbranched alkanes of at least 4 members (excludes halogenated alkanes) is 3. The van der Waals surface area contributed by atoms with Crippen LogP contribution < -0.4 is 5.32 Å². The van der Waals surface area contributed by atoms with Crippen LogP contribution in [0.1, 0.15) is 32.1 Å². The van der Waals surface area contributed by atoms with Gasteiger partial charge in [0.25, 0.3) is 0 Å². The Morgan fingerprint density at radius 2 is 2.17 bits per heavy atom. The third-order valence-corrected chi connectivity index (χ3v) is 2.27. The average Bonchev–Trinajstić information content (AvgIpc) is 2.57. The molecular formula is C11H19N. The van der Waals surface area contributed by atoms with Crippen molar-refractivity contribution in [3.8, 4) is 0 Å². The molecule has 0 aliphatic carbocycles. The summed E-state index contributed by atoms with van der Waals surface area (Å²) in [6.07, 6.45) is 10.7. The molecule has 1 saturated heterocycles. The molecule has 68 valence electrons. The lowest BCUT2D eigenvalue weighted by atomic mass is 10.1. The number of allylic oxidation sites excluding steroid dienone is 2. The molecule has 0 saturated carbocycles. The molecule has 0 atom stereocenters. The molecule has 1 rings (SSSR count). The summed E-state index contributed by atoms with van der Waals surface area (Å²) in [6.45, 7) is 6.02. The highest BCUT2D eigenvalue weighted by atomic mass is 14.9. The van der Waals surface area contributed by atoms with Gasteiger partial charge in [0.2, 0.25) is 0 Å². The van der Waals surface area contributed by atoms with E-state index in [0.717, 1.165) is 6.54 Å². The van der Waals surface area contributed by atoms with Crippen LogP contribution in [0.25, 0.3) is 0 Å². The van der Waals surface area contributed by atoms with Crippen molar-refractivity contribution in [2.75, 3.05) is 13.1 Å². The van der Waals surface area contributed by atoms with Crippen molar-refractivity contribution in [3.05, 3.63) is 24.3 Å². The smallest absolute Gasteiger partial charge is 0.0165 e. The van der Waals surface area contributed by atoms with Gasteiger partial charge in [0.1, 0.15) is 0 Å². The molecule has 1 N–H and O–H groups in total. The Morgan fingerprint density at radius 1 is 1.33 bits per heavy atom. The highest BCUT2D eigenvalue weighted by molar-refractivity contribution is 5.08. The van der Waals surface area contributed by atoms with E-state index in [2.05, 4.69) is 18.0 Å². The molecule has 1 aliphatic heterocycles. The third-order valence-electron chi connectivity index (χ3n) is 2.27. The van der Waals surface area contributed by atoms with Gasteiger partial charge in [0.15, 0.2) is 0 Å². The summed E-state index contributed by atoms with van der Waals surface area (Å²) in [5.74, 6) is 0. The van der Waals surface area contributed by atoms with Crippen molar-refractivity contribution in [2.24, 2.45) is 0 Å². The number of hydrogen-bond donors (Lipinski definition) is 1. The fourth-order valence-electron chi connectivity index (χ4n) is 1.50. The molecule has 0 spiro atoms. The maximum atomic E-state index is 3.71. The summed E-state index contributed by atoms with van der Waals surface area (Å²) < 4.78 is 0. The summed E-state index contributed by atoms with van der Waals surface area (Å²) in [5, 5.41) is 3.34. The molecular weight excluding hydrogens is 146 g/mol. The molecule has 1 heterocycles. The van der Waals surface area contributed by atoms with Crippen molar-refractivity contribution >= 4 is 0 Å². The van der Waals surface area contributed by atoms with Gasteiger partial charge in [-0.2, -0.15) is 0 Å². The van der Waals surface area contributed by atoms with Crippen molar-refractivity contribution in [3.63, 3.8) is 0 Å². The fraction of sp³-hybridized carbons (Fsp3) is 0.636. The van der Waals surface area contributed by atoms with Crippen LogP contribution >= 0.6 is 0 Å². The molecule has 0 aromatic carbocycles.